The molecule has 0 aromatic rings. The number of carbonyl (C=O) groups is 1. The Morgan fingerprint density at radius 3 is 1.86 bits per heavy atom. The van der Waals surface area contributed by atoms with Crippen molar-refractivity contribution >= 4 is 16.1 Å². The standard InChI is InChI=1S/C14H19F7O7S/c1-8(9(22)28-10(2,3)11(4,23)13(17,18)19)7-27-6-5-12(15,16)14(20,21)29(24,25)26/h23H,1,5-7H2,2-4H3,(H,24,25,26). The molecule has 0 aliphatic rings. The summed E-state index contributed by atoms with van der Waals surface area (Å²) in [4.78, 5) is 11.8. The number of aliphatic hydroxyl groups is 1. The molecule has 0 bridgehead atoms. The third-order valence-electron chi connectivity index (χ3n) is 3.95. The van der Waals surface area contributed by atoms with Crippen LogP contribution in [0.4, 0.5) is 30.7 Å². The number of hydrogen-bond acceptors (Lipinski definition) is 6. The lowest BCUT2D eigenvalue weighted by molar-refractivity contribution is -0.305. The molecule has 0 aliphatic heterocycles. The molecule has 0 aliphatic carbocycles. The fourth-order valence-corrected chi connectivity index (χ4v) is 2.01. The Balaban J connectivity index is 4.85. The van der Waals surface area contributed by atoms with Crippen LogP contribution in [0.1, 0.15) is 27.2 Å². The summed E-state index contributed by atoms with van der Waals surface area (Å²) in [5, 5.41) is 3.77. The number of ether oxygens (including phenoxy) is 2. The van der Waals surface area contributed by atoms with E-state index in [-0.39, 0.29) is 0 Å². The zero-order valence-electron chi connectivity index (χ0n) is 15.3. The van der Waals surface area contributed by atoms with E-state index in [4.69, 9.17) is 4.55 Å². The van der Waals surface area contributed by atoms with Crippen LogP contribution in [0.25, 0.3) is 0 Å². The summed E-state index contributed by atoms with van der Waals surface area (Å²) in [6.07, 6.45) is -7.07. The molecule has 0 radical (unpaired) electrons. The molecule has 0 spiro atoms. The average Bonchev–Trinajstić information content (AvgIpc) is 2.48. The van der Waals surface area contributed by atoms with Crippen molar-refractivity contribution in [2.45, 2.75) is 55.7 Å². The van der Waals surface area contributed by atoms with Gasteiger partial charge < -0.3 is 14.6 Å². The van der Waals surface area contributed by atoms with Crippen molar-refractivity contribution in [1.29, 1.82) is 0 Å². The van der Waals surface area contributed by atoms with Crippen LogP contribution < -0.4 is 0 Å². The Morgan fingerprint density at radius 2 is 1.48 bits per heavy atom. The minimum Gasteiger partial charge on any atom is -0.453 e. The maximum atomic E-state index is 13.2. The molecule has 7 nitrogen and oxygen atoms in total. The van der Waals surface area contributed by atoms with E-state index in [1.165, 1.54) is 0 Å². The van der Waals surface area contributed by atoms with Crippen molar-refractivity contribution < 1.29 is 63.1 Å². The topological polar surface area (TPSA) is 110 Å². The highest BCUT2D eigenvalue weighted by Gasteiger charge is 2.65. The Labute approximate surface area is 161 Å². The lowest BCUT2D eigenvalue weighted by atomic mass is 9.86. The van der Waals surface area contributed by atoms with Gasteiger partial charge in [0, 0.05) is 6.42 Å². The van der Waals surface area contributed by atoms with E-state index in [1.807, 2.05) is 0 Å². The molecular weight excluding hydrogens is 445 g/mol. The highest BCUT2D eigenvalue weighted by Crippen LogP contribution is 2.41. The monoisotopic (exact) mass is 464 g/mol. The van der Waals surface area contributed by atoms with Crippen molar-refractivity contribution in [2.24, 2.45) is 0 Å². The predicted molar refractivity (Wildman–Crippen MR) is 82.9 cm³/mol. The SMILES string of the molecule is C=C(COCCC(F)(F)C(F)(F)S(=O)(=O)O)C(=O)OC(C)(C)C(C)(O)C(F)(F)F. The molecule has 0 fully saturated rings. The molecule has 172 valence electrons. The number of carbonyl (C=O) groups excluding carboxylic acids is 1. The van der Waals surface area contributed by atoms with Gasteiger partial charge in [-0.3, -0.25) is 4.55 Å². The summed E-state index contributed by atoms with van der Waals surface area (Å²) >= 11 is 0. The molecular formula is C14H19F7O7S. The first kappa shape index (κ1) is 27.5. The van der Waals surface area contributed by atoms with Crippen molar-refractivity contribution in [3.8, 4) is 0 Å². The molecule has 29 heavy (non-hydrogen) atoms. The lowest BCUT2D eigenvalue weighted by Crippen LogP contribution is -2.60. The van der Waals surface area contributed by atoms with Crippen LogP contribution in [0.3, 0.4) is 0 Å². The highest BCUT2D eigenvalue weighted by molar-refractivity contribution is 7.87. The molecule has 0 aromatic heterocycles. The first-order valence-electron chi connectivity index (χ1n) is 7.52. The largest absolute Gasteiger partial charge is 0.453 e. The van der Waals surface area contributed by atoms with E-state index in [0.717, 1.165) is 13.8 Å². The zero-order chi connectivity index (χ0) is 23.7. The molecule has 0 saturated heterocycles. The second-order valence-corrected chi connectivity index (χ2v) is 8.04. The van der Waals surface area contributed by atoms with Gasteiger partial charge in [-0.05, 0) is 20.8 Å². The van der Waals surface area contributed by atoms with Crippen molar-refractivity contribution in [3.05, 3.63) is 12.2 Å². The second kappa shape index (κ2) is 8.35. The number of alkyl halides is 7. The van der Waals surface area contributed by atoms with Crippen molar-refractivity contribution in [2.75, 3.05) is 13.2 Å². The van der Waals surface area contributed by atoms with E-state index in [2.05, 4.69) is 16.1 Å². The van der Waals surface area contributed by atoms with Gasteiger partial charge in [-0.1, -0.05) is 6.58 Å². The lowest BCUT2D eigenvalue weighted by Gasteiger charge is -2.40. The van der Waals surface area contributed by atoms with Gasteiger partial charge in [0.2, 0.25) is 0 Å². The molecule has 1 unspecified atom stereocenters. The summed E-state index contributed by atoms with van der Waals surface area (Å²) in [7, 11) is -6.42. The van der Waals surface area contributed by atoms with Gasteiger partial charge in [-0.15, -0.1) is 0 Å². The maximum absolute atomic E-state index is 13.2. The van der Waals surface area contributed by atoms with Gasteiger partial charge in [0.25, 0.3) is 0 Å². The summed E-state index contributed by atoms with van der Waals surface area (Å²) in [5.41, 5.74) is -6.68. The third-order valence-corrected chi connectivity index (χ3v) is 4.89. The smallest absolute Gasteiger partial charge is 0.431 e. The van der Waals surface area contributed by atoms with Gasteiger partial charge in [-0.2, -0.15) is 39.2 Å². The van der Waals surface area contributed by atoms with E-state index in [1.54, 1.807) is 0 Å². The quantitative estimate of drug-likeness (QED) is 0.168. The Kier molecular flexibility index (Phi) is 7.94. The number of esters is 1. The number of hydrogen-bond donors (Lipinski definition) is 2. The average molecular weight is 464 g/mol. The summed E-state index contributed by atoms with van der Waals surface area (Å²) < 4.78 is 129. The van der Waals surface area contributed by atoms with Crippen molar-refractivity contribution in [1.82, 2.24) is 0 Å². The molecule has 0 saturated carbocycles. The fraction of sp³-hybridized carbons (Fsp3) is 0.786. The summed E-state index contributed by atoms with van der Waals surface area (Å²) in [5.74, 6) is -6.73. The van der Waals surface area contributed by atoms with Crippen LogP contribution in [-0.2, 0) is 24.4 Å². The molecule has 0 aromatic carbocycles. The highest BCUT2D eigenvalue weighted by atomic mass is 32.2. The minimum atomic E-state index is -6.42. The molecule has 0 amide bonds. The van der Waals surface area contributed by atoms with Crippen LogP contribution in [0.2, 0.25) is 0 Å². The van der Waals surface area contributed by atoms with Crippen LogP contribution in [0, 0.1) is 0 Å². The Bertz CT molecular complexity index is 727. The Hall–Kier alpha value is -1.45. The van der Waals surface area contributed by atoms with Crippen molar-refractivity contribution in [3.63, 3.8) is 0 Å². The van der Waals surface area contributed by atoms with Gasteiger partial charge in [-0.25, -0.2) is 4.79 Å². The zero-order valence-corrected chi connectivity index (χ0v) is 16.1. The van der Waals surface area contributed by atoms with Crippen LogP contribution in [0.5, 0.6) is 0 Å². The third kappa shape index (κ3) is 6.02. The molecule has 0 heterocycles. The number of rotatable bonds is 10. The fourth-order valence-electron chi connectivity index (χ4n) is 1.53. The summed E-state index contributed by atoms with van der Waals surface area (Å²) in [6.45, 7) is 2.71. The van der Waals surface area contributed by atoms with Gasteiger partial charge in [0.05, 0.1) is 18.8 Å². The first-order valence-corrected chi connectivity index (χ1v) is 8.96. The normalized spacial score (nSPS) is 16.3. The van der Waals surface area contributed by atoms with E-state index < -0.39 is 69.9 Å². The summed E-state index contributed by atoms with van der Waals surface area (Å²) in [6, 6.07) is 0. The minimum absolute atomic E-state index is 0.344. The van der Waals surface area contributed by atoms with Gasteiger partial charge >= 0.3 is 33.4 Å². The van der Waals surface area contributed by atoms with E-state index >= 15 is 0 Å². The molecule has 0 rings (SSSR count). The van der Waals surface area contributed by atoms with Crippen LogP contribution in [0.15, 0.2) is 12.2 Å². The van der Waals surface area contributed by atoms with E-state index in [0.29, 0.717) is 6.92 Å². The van der Waals surface area contributed by atoms with Crippen LogP contribution in [-0.4, -0.2) is 65.8 Å². The Morgan fingerprint density at radius 1 is 1.03 bits per heavy atom. The van der Waals surface area contributed by atoms with Crippen LogP contribution >= 0.6 is 0 Å². The van der Waals surface area contributed by atoms with Gasteiger partial charge in [0.15, 0.2) is 5.60 Å². The molecule has 2 N–H and O–H groups in total. The second-order valence-electron chi connectivity index (χ2n) is 6.57. The maximum Gasteiger partial charge on any atom is 0.431 e. The first-order chi connectivity index (χ1) is 12.5. The van der Waals surface area contributed by atoms with Gasteiger partial charge in [0.1, 0.15) is 5.60 Å². The van der Waals surface area contributed by atoms with E-state index in [9.17, 15) is 49.1 Å². The molecule has 15 heteroatoms. The molecule has 1 atom stereocenters. The predicted octanol–water partition coefficient (Wildman–Crippen LogP) is 2.70. The number of halogens is 7.